The highest BCUT2D eigenvalue weighted by Gasteiger charge is 2.24. The van der Waals surface area contributed by atoms with Gasteiger partial charge >= 0.3 is 5.69 Å². The van der Waals surface area contributed by atoms with E-state index in [1.165, 1.54) is 16.4 Å². The van der Waals surface area contributed by atoms with Gasteiger partial charge in [0.2, 0.25) is 5.91 Å². The predicted octanol–water partition coefficient (Wildman–Crippen LogP) is 1.45. The zero-order valence-electron chi connectivity index (χ0n) is 15.5. The van der Waals surface area contributed by atoms with E-state index < -0.39 is 4.92 Å². The molecule has 1 aromatic heterocycles. The number of ether oxygens (including phenoxy) is 1. The van der Waals surface area contributed by atoms with Crippen LogP contribution in [-0.4, -0.2) is 63.7 Å². The van der Waals surface area contributed by atoms with E-state index in [0.29, 0.717) is 18.8 Å². The molecule has 2 heterocycles. The topological polar surface area (TPSA) is 93.7 Å². The molecule has 0 unspecified atom stereocenters. The van der Waals surface area contributed by atoms with Crippen molar-refractivity contribution < 1.29 is 14.5 Å². The van der Waals surface area contributed by atoms with Gasteiger partial charge in [0.25, 0.3) is 0 Å². The summed E-state index contributed by atoms with van der Waals surface area (Å²) in [5, 5.41) is 14.9. The normalized spacial score (nSPS) is 15.0. The van der Waals surface area contributed by atoms with Gasteiger partial charge in [0, 0.05) is 32.7 Å². The van der Waals surface area contributed by atoms with Crippen molar-refractivity contribution in [1.29, 1.82) is 0 Å². The van der Waals surface area contributed by atoms with Gasteiger partial charge in [-0.25, -0.2) is 0 Å². The highest BCUT2D eigenvalue weighted by molar-refractivity contribution is 5.76. The number of carbonyl (C=O) groups is 1. The van der Waals surface area contributed by atoms with Gasteiger partial charge in [-0.15, -0.1) is 0 Å². The van der Waals surface area contributed by atoms with Crippen LogP contribution in [0.25, 0.3) is 0 Å². The van der Waals surface area contributed by atoms with Crippen LogP contribution in [0.4, 0.5) is 5.69 Å². The maximum absolute atomic E-state index is 12.5. The van der Waals surface area contributed by atoms with Gasteiger partial charge < -0.3 is 9.64 Å². The summed E-state index contributed by atoms with van der Waals surface area (Å²) in [5.74, 6) is 0.766. The Morgan fingerprint density at radius 2 is 2.04 bits per heavy atom. The van der Waals surface area contributed by atoms with Crippen molar-refractivity contribution in [2.75, 3.05) is 33.3 Å². The van der Waals surface area contributed by atoms with Crippen LogP contribution < -0.4 is 4.74 Å². The number of benzene rings is 1. The van der Waals surface area contributed by atoms with Crippen LogP contribution in [0.2, 0.25) is 0 Å². The average molecular weight is 373 g/mol. The summed E-state index contributed by atoms with van der Waals surface area (Å²) in [4.78, 5) is 27.0. The summed E-state index contributed by atoms with van der Waals surface area (Å²) in [6.07, 6.45) is 1.19. The van der Waals surface area contributed by atoms with Crippen molar-refractivity contribution in [1.82, 2.24) is 19.6 Å². The number of nitro groups is 1. The summed E-state index contributed by atoms with van der Waals surface area (Å²) in [5.41, 5.74) is 1.50. The Bertz CT molecular complexity index is 827. The molecule has 9 nitrogen and oxygen atoms in total. The van der Waals surface area contributed by atoms with E-state index in [1.54, 1.807) is 18.9 Å². The lowest BCUT2D eigenvalue weighted by Crippen LogP contribution is -2.49. The molecule has 1 saturated heterocycles. The predicted molar refractivity (Wildman–Crippen MR) is 98.5 cm³/mol. The van der Waals surface area contributed by atoms with Gasteiger partial charge in [-0.05, 0) is 24.6 Å². The molecule has 1 amide bonds. The van der Waals surface area contributed by atoms with Crippen molar-refractivity contribution in [2.45, 2.75) is 20.0 Å². The molecule has 0 aliphatic carbocycles. The smallest absolute Gasteiger partial charge is 0.309 e. The molecule has 27 heavy (non-hydrogen) atoms. The molecule has 1 aliphatic rings. The van der Waals surface area contributed by atoms with E-state index >= 15 is 0 Å². The first-order valence-electron chi connectivity index (χ1n) is 8.78. The maximum atomic E-state index is 12.5. The van der Waals surface area contributed by atoms with Crippen molar-refractivity contribution in [2.24, 2.45) is 0 Å². The Labute approximate surface area is 157 Å². The first-order chi connectivity index (χ1) is 13.0. The lowest BCUT2D eigenvalue weighted by Gasteiger charge is -2.34. The first-order valence-corrected chi connectivity index (χ1v) is 8.78. The standard InChI is InChI=1S/C18H23N5O4/c1-14-17(23(25)26)11-19-22(14)13-18(24)21-8-6-20(7-9-21)12-15-4-3-5-16(10-15)27-2/h3-5,10-11H,6-9,12-13H2,1-2H3. The molecular weight excluding hydrogens is 350 g/mol. The second kappa shape index (κ2) is 8.17. The summed E-state index contributed by atoms with van der Waals surface area (Å²) < 4.78 is 6.65. The molecule has 3 rings (SSSR count). The minimum absolute atomic E-state index is 0.0234. The number of hydrogen-bond donors (Lipinski definition) is 0. The SMILES string of the molecule is COc1cccc(CN2CCN(C(=O)Cn3ncc([N+](=O)[O-])c3C)CC2)c1. The molecule has 0 saturated carbocycles. The number of amides is 1. The minimum atomic E-state index is -0.485. The van der Waals surface area contributed by atoms with E-state index in [4.69, 9.17) is 4.74 Å². The fourth-order valence-corrected chi connectivity index (χ4v) is 3.19. The van der Waals surface area contributed by atoms with E-state index in [2.05, 4.69) is 16.1 Å². The summed E-state index contributed by atoms with van der Waals surface area (Å²) in [6.45, 7) is 5.25. The highest BCUT2D eigenvalue weighted by atomic mass is 16.6. The maximum Gasteiger partial charge on any atom is 0.309 e. The monoisotopic (exact) mass is 373 g/mol. The van der Waals surface area contributed by atoms with Crippen LogP contribution in [0.1, 0.15) is 11.3 Å². The third-order valence-electron chi connectivity index (χ3n) is 4.82. The molecule has 0 radical (unpaired) electrons. The van der Waals surface area contributed by atoms with E-state index in [0.717, 1.165) is 25.4 Å². The molecule has 2 aromatic rings. The first kappa shape index (κ1) is 18.8. The number of aromatic nitrogens is 2. The largest absolute Gasteiger partial charge is 0.497 e. The molecular formula is C18H23N5O4. The van der Waals surface area contributed by atoms with Gasteiger partial charge in [0.15, 0.2) is 0 Å². The van der Waals surface area contributed by atoms with Crippen LogP contribution in [0.15, 0.2) is 30.5 Å². The number of nitrogens with zero attached hydrogens (tertiary/aromatic N) is 5. The zero-order chi connectivity index (χ0) is 19.4. The van der Waals surface area contributed by atoms with Crippen molar-refractivity contribution >= 4 is 11.6 Å². The van der Waals surface area contributed by atoms with Crippen LogP contribution >= 0.6 is 0 Å². The Kier molecular flexibility index (Phi) is 5.70. The van der Waals surface area contributed by atoms with Crippen LogP contribution in [0.3, 0.4) is 0 Å². The van der Waals surface area contributed by atoms with E-state index in [1.807, 2.05) is 18.2 Å². The zero-order valence-corrected chi connectivity index (χ0v) is 15.5. The third kappa shape index (κ3) is 4.43. The molecule has 9 heteroatoms. The second-order valence-electron chi connectivity index (χ2n) is 6.54. The molecule has 0 N–H and O–H groups in total. The molecule has 0 spiro atoms. The summed E-state index contributed by atoms with van der Waals surface area (Å²) >= 11 is 0. The van der Waals surface area contributed by atoms with Crippen LogP contribution in [0, 0.1) is 17.0 Å². The number of hydrogen-bond acceptors (Lipinski definition) is 6. The molecule has 1 aliphatic heterocycles. The number of piperazine rings is 1. The summed E-state index contributed by atoms with van der Waals surface area (Å²) in [7, 11) is 1.65. The summed E-state index contributed by atoms with van der Waals surface area (Å²) in [6, 6.07) is 7.97. The number of rotatable bonds is 6. The number of carbonyl (C=O) groups excluding carboxylic acids is 1. The molecule has 144 valence electrons. The average Bonchev–Trinajstić information content (AvgIpc) is 3.03. The van der Waals surface area contributed by atoms with Crippen LogP contribution in [0.5, 0.6) is 5.75 Å². The molecule has 1 fully saturated rings. The van der Waals surface area contributed by atoms with Crippen molar-refractivity contribution in [3.8, 4) is 5.75 Å². The Morgan fingerprint density at radius 1 is 1.30 bits per heavy atom. The third-order valence-corrected chi connectivity index (χ3v) is 4.82. The van der Waals surface area contributed by atoms with Crippen molar-refractivity contribution in [3.05, 3.63) is 51.8 Å². The molecule has 1 aromatic carbocycles. The van der Waals surface area contributed by atoms with Crippen molar-refractivity contribution in [3.63, 3.8) is 0 Å². The number of methoxy groups -OCH3 is 1. The quantitative estimate of drug-likeness (QED) is 0.562. The lowest BCUT2D eigenvalue weighted by atomic mass is 10.2. The van der Waals surface area contributed by atoms with E-state index in [-0.39, 0.29) is 18.1 Å². The Balaban J connectivity index is 1.52. The fourth-order valence-electron chi connectivity index (χ4n) is 3.19. The van der Waals surface area contributed by atoms with Gasteiger partial charge in [0.1, 0.15) is 24.2 Å². The Hall–Kier alpha value is -2.94. The van der Waals surface area contributed by atoms with Gasteiger partial charge in [0.05, 0.1) is 12.0 Å². The fraction of sp³-hybridized carbons (Fsp3) is 0.444. The Morgan fingerprint density at radius 3 is 2.67 bits per heavy atom. The lowest BCUT2D eigenvalue weighted by molar-refractivity contribution is -0.385. The second-order valence-corrected chi connectivity index (χ2v) is 6.54. The minimum Gasteiger partial charge on any atom is -0.497 e. The van der Waals surface area contributed by atoms with Gasteiger partial charge in [-0.1, -0.05) is 12.1 Å². The van der Waals surface area contributed by atoms with Gasteiger partial charge in [-0.3, -0.25) is 24.5 Å². The molecule has 0 atom stereocenters. The van der Waals surface area contributed by atoms with Gasteiger partial charge in [-0.2, -0.15) is 5.10 Å². The highest BCUT2D eigenvalue weighted by Crippen LogP contribution is 2.17. The molecule has 0 bridgehead atoms. The van der Waals surface area contributed by atoms with Crippen LogP contribution in [-0.2, 0) is 17.9 Å². The van der Waals surface area contributed by atoms with E-state index in [9.17, 15) is 14.9 Å².